The van der Waals surface area contributed by atoms with Crippen LogP contribution in [0.5, 0.6) is 0 Å². The van der Waals surface area contributed by atoms with Gasteiger partial charge < -0.3 is 4.74 Å². The molecule has 1 atom stereocenters. The molecule has 0 aliphatic carbocycles. The van der Waals surface area contributed by atoms with E-state index < -0.39 is 0 Å². The SMILES string of the molecule is COCCCC(NN)c1ccc(C)nc1C. The van der Waals surface area contributed by atoms with E-state index in [2.05, 4.69) is 16.5 Å². The van der Waals surface area contributed by atoms with Gasteiger partial charge in [0.25, 0.3) is 0 Å². The number of hydrazine groups is 1. The largest absolute Gasteiger partial charge is 0.385 e. The molecule has 16 heavy (non-hydrogen) atoms. The van der Waals surface area contributed by atoms with Gasteiger partial charge in [0.1, 0.15) is 0 Å². The second-order valence-electron chi connectivity index (χ2n) is 3.98. The number of nitrogens with one attached hydrogen (secondary N) is 1. The van der Waals surface area contributed by atoms with E-state index in [1.807, 2.05) is 19.9 Å². The first-order chi connectivity index (χ1) is 7.69. The maximum Gasteiger partial charge on any atom is 0.0478 e. The highest BCUT2D eigenvalue weighted by Gasteiger charge is 2.12. The Labute approximate surface area is 97.2 Å². The van der Waals surface area contributed by atoms with E-state index >= 15 is 0 Å². The fraction of sp³-hybridized carbons (Fsp3) is 0.583. The maximum atomic E-state index is 5.58. The van der Waals surface area contributed by atoms with Crippen molar-refractivity contribution in [2.45, 2.75) is 32.7 Å². The summed E-state index contributed by atoms with van der Waals surface area (Å²) >= 11 is 0. The second-order valence-corrected chi connectivity index (χ2v) is 3.98. The third-order valence-electron chi connectivity index (χ3n) is 2.68. The second kappa shape index (κ2) is 6.58. The Morgan fingerprint density at radius 1 is 1.44 bits per heavy atom. The molecule has 1 rings (SSSR count). The molecule has 1 unspecified atom stereocenters. The number of rotatable bonds is 6. The standard InChI is InChI=1S/C12H21N3O/c1-9-6-7-11(10(2)14-9)12(15-13)5-4-8-16-3/h6-7,12,15H,4-5,8,13H2,1-3H3. The van der Waals surface area contributed by atoms with Crippen molar-refractivity contribution >= 4 is 0 Å². The zero-order chi connectivity index (χ0) is 12.0. The van der Waals surface area contributed by atoms with Crippen LogP contribution >= 0.6 is 0 Å². The van der Waals surface area contributed by atoms with Crippen LogP contribution in [0.2, 0.25) is 0 Å². The molecule has 0 bridgehead atoms. The lowest BCUT2D eigenvalue weighted by Crippen LogP contribution is -2.29. The van der Waals surface area contributed by atoms with Gasteiger partial charge in [-0.2, -0.15) is 0 Å². The average molecular weight is 223 g/mol. The Hall–Kier alpha value is -0.970. The lowest BCUT2D eigenvalue weighted by molar-refractivity contribution is 0.188. The number of nitrogens with zero attached hydrogens (tertiary/aromatic N) is 1. The van der Waals surface area contributed by atoms with Gasteiger partial charge in [-0.25, -0.2) is 0 Å². The highest BCUT2D eigenvalue weighted by atomic mass is 16.5. The summed E-state index contributed by atoms with van der Waals surface area (Å²) in [5, 5.41) is 0. The van der Waals surface area contributed by atoms with Crippen LogP contribution in [0.3, 0.4) is 0 Å². The summed E-state index contributed by atoms with van der Waals surface area (Å²) in [6, 6.07) is 4.26. The van der Waals surface area contributed by atoms with E-state index in [0.717, 1.165) is 30.8 Å². The molecule has 1 heterocycles. The van der Waals surface area contributed by atoms with E-state index in [1.165, 1.54) is 5.56 Å². The van der Waals surface area contributed by atoms with Crippen LogP contribution < -0.4 is 11.3 Å². The van der Waals surface area contributed by atoms with Gasteiger partial charge in [-0.15, -0.1) is 0 Å². The Morgan fingerprint density at radius 3 is 2.75 bits per heavy atom. The minimum Gasteiger partial charge on any atom is -0.385 e. The van der Waals surface area contributed by atoms with Gasteiger partial charge in [0.05, 0.1) is 0 Å². The van der Waals surface area contributed by atoms with E-state index in [1.54, 1.807) is 7.11 Å². The van der Waals surface area contributed by atoms with Gasteiger partial charge in [-0.3, -0.25) is 16.3 Å². The summed E-state index contributed by atoms with van der Waals surface area (Å²) in [5.74, 6) is 5.58. The first-order valence-corrected chi connectivity index (χ1v) is 5.58. The van der Waals surface area contributed by atoms with E-state index in [0.29, 0.717) is 0 Å². The zero-order valence-electron chi connectivity index (χ0n) is 10.3. The fourth-order valence-electron chi connectivity index (χ4n) is 1.83. The Balaban J connectivity index is 2.70. The zero-order valence-corrected chi connectivity index (χ0v) is 10.3. The van der Waals surface area contributed by atoms with Crippen molar-refractivity contribution in [3.8, 4) is 0 Å². The quantitative estimate of drug-likeness (QED) is 0.437. The Kier molecular flexibility index (Phi) is 5.38. The van der Waals surface area contributed by atoms with Crippen molar-refractivity contribution < 1.29 is 4.74 Å². The molecule has 1 aromatic rings. The van der Waals surface area contributed by atoms with Crippen molar-refractivity contribution in [1.82, 2.24) is 10.4 Å². The van der Waals surface area contributed by atoms with Crippen LogP contribution in [0.1, 0.15) is 35.8 Å². The van der Waals surface area contributed by atoms with Crippen molar-refractivity contribution in [2.75, 3.05) is 13.7 Å². The topological polar surface area (TPSA) is 60.2 Å². The number of methoxy groups -OCH3 is 1. The molecule has 3 N–H and O–H groups in total. The number of hydrogen-bond acceptors (Lipinski definition) is 4. The third-order valence-corrected chi connectivity index (χ3v) is 2.68. The highest BCUT2D eigenvalue weighted by molar-refractivity contribution is 5.24. The summed E-state index contributed by atoms with van der Waals surface area (Å²) < 4.78 is 5.04. The molecule has 90 valence electrons. The van der Waals surface area contributed by atoms with Crippen molar-refractivity contribution in [3.05, 3.63) is 29.1 Å². The normalized spacial score (nSPS) is 12.8. The van der Waals surface area contributed by atoms with Gasteiger partial charge in [0, 0.05) is 31.1 Å². The average Bonchev–Trinajstić information content (AvgIpc) is 2.26. The summed E-state index contributed by atoms with van der Waals surface area (Å²) in [7, 11) is 1.71. The van der Waals surface area contributed by atoms with Gasteiger partial charge in [-0.1, -0.05) is 6.07 Å². The van der Waals surface area contributed by atoms with E-state index in [4.69, 9.17) is 10.6 Å². The molecule has 0 aromatic carbocycles. The summed E-state index contributed by atoms with van der Waals surface area (Å²) in [4.78, 5) is 4.44. The summed E-state index contributed by atoms with van der Waals surface area (Å²) in [6.07, 6.45) is 1.94. The number of nitrogens with two attached hydrogens (primary N) is 1. The molecular formula is C12H21N3O. The van der Waals surface area contributed by atoms with Gasteiger partial charge in [0.15, 0.2) is 0 Å². The van der Waals surface area contributed by atoms with E-state index in [-0.39, 0.29) is 6.04 Å². The molecule has 0 saturated carbocycles. The third kappa shape index (κ3) is 3.56. The predicted octanol–water partition coefficient (Wildman–Crippen LogP) is 1.63. The van der Waals surface area contributed by atoms with Gasteiger partial charge in [-0.05, 0) is 38.3 Å². The van der Waals surface area contributed by atoms with E-state index in [9.17, 15) is 0 Å². The first-order valence-electron chi connectivity index (χ1n) is 5.58. The van der Waals surface area contributed by atoms with Crippen LogP contribution in [0.25, 0.3) is 0 Å². The number of hydrogen-bond donors (Lipinski definition) is 2. The van der Waals surface area contributed by atoms with Gasteiger partial charge >= 0.3 is 0 Å². The molecule has 0 fully saturated rings. The molecule has 4 heteroatoms. The number of ether oxygens (including phenoxy) is 1. The lowest BCUT2D eigenvalue weighted by atomic mass is 10.0. The molecule has 0 radical (unpaired) electrons. The van der Waals surface area contributed by atoms with Crippen LogP contribution in [0, 0.1) is 13.8 Å². The Bertz CT molecular complexity index is 328. The molecule has 0 spiro atoms. The number of aromatic nitrogens is 1. The number of aryl methyl sites for hydroxylation is 2. The lowest BCUT2D eigenvalue weighted by Gasteiger charge is -2.18. The predicted molar refractivity (Wildman–Crippen MR) is 64.9 cm³/mol. The molecular weight excluding hydrogens is 202 g/mol. The highest BCUT2D eigenvalue weighted by Crippen LogP contribution is 2.20. The molecule has 1 aromatic heterocycles. The minimum atomic E-state index is 0.156. The van der Waals surface area contributed by atoms with Crippen LogP contribution in [-0.4, -0.2) is 18.7 Å². The molecule has 0 saturated heterocycles. The minimum absolute atomic E-state index is 0.156. The molecule has 4 nitrogen and oxygen atoms in total. The molecule has 0 amide bonds. The van der Waals surface area contributed by atoms with Crippen LogP contribution in [-0.2, 0) is 4.74 Å². The van der Waals surface area contributed by atoms with Crippen molar-refractivity contribution in [1.29, 1.82) is 0 Å². The summed E-state index contributed by atoms with van der Waals surface area (Å²) in [5.41, 5.74) is 6.09. The summed E-state index contributed by atoms with van der Waals surface area (Å²) in [6.45, 7) is 4.77. The van der Waals surface area contributed by atoms with Crippen LogP contribution in [0.15, 0.2) is 12.1 Å². The van der Waals surface area contributed by atoms with Crippen molar-refractivity contribution in [2.24, 2.45) is 5.84 Å². The van der Waals surface area contributed by atoms with Gasteiger partial charge in [0.2, 0.25) is 0 Å². The monoisotopic (exact) mass is 223 g/mol. The maximum absolute atomic E-state index is 5.58. The molecule has 0 aliphatic rings. The first kappa shape index (κ1) is 13.1. The Morgan fingerprint density at radius 2 is 2.19 bits per heavy atom. The van der Waals surface area contributed by atoms with Crippen LogP contribution in [0.4, 0.5) is 0 Å². The van der Waals surface area contributed by atoms with Crippen molar-refractivity contribution in [3.63, 3.8) is 0 Å². The number of pyridine rings is 1. The molecule has 0 aliphatic heterocycles. The smallest absolute Gasteiger partial charge is 0.0478 e. The fourth-order valence-corrected chi connectivity index (χ4v) is 1.83.